The summed E-state index contributed by atoms with van der Waals surface area (Å²) in [7, 11) is 0. The van der Waals surface area contributed by atoms with E-state index in [1.807, 2.05) is 54.6 Å². The monoisotopic (exact) mass is 570 g/mol. The maximum absolute atomic E-state index is 8.86. The molecule has 7 aromatic carbocycles. The van der Waals surface area contributed by atoms with Crippen molar-refractivity contribution in [2.45, 2.75) is 20.8 Å². The van der Waals surface area contributed by atoms with Gasteiger partial charge in [0.1, 0.15) is 0 Å². The van der Waals surface area contributed by atoms with Crippen LogP contribution in [0.1, 0.15) is 23.5 Å². The Hall–Kier alpha value is -5.40. The molecule has 44 heavy (non-hydrogen) atoms. The summed E-state index contributed by atoms with van der Waals surface area (Å²) < 4.78 is 42.8. The van der Waals surface area contributed by atoms with Crippen molar-refractivity contribution in [3.8, 4) is 33.4 Å². The lowest BCUT2D eigenvalue weighted by Crippen LogP contribution is -2.09. The van der Waals surface area contributed by atoms with Gasteiger partial charge < -0.3 is 4.90 Å². The third kappa shape index (κ3) is 5.29. The maximum Gasteiger partial charge on any atom is 0.0645 e. The number of aryl methyl sites for hydroxylation is 3. The van der Waals surface area contributed by atoms with Gasteiger partial charge in [0.05, 0.1) is 6.85 Å². The molecule has 0 bridgehead atoms. The first-order valence-electron chi connectivity index (χ1n) is 17.4. The molecule has 0 saturated heterocycles. The molecule has 1 heteroatoms. The van der Waals surface area contributed by atoms with Gasteiger partial charge in [-0.1, -0.05) is 115 Å². The zero-order valence-electron chi connectivity index (χ0n) is 30.1. The predicted molar refractivity (Wildman–Crippen MR) is 189 cm³/mol. The summed E-state index contributed by atoms with van der Waals surface area (Å²) in [6, 6.07) is 41.8. The van der Waals surface area contributed by atoms with Gasteiger partial charge >= 0.3 is 0 Å². The van der Waals surface area contributed by atoms with Crippen molar-refractivity contribution < 1.29 is 6.85 Å². The van der Waals surface area contributed by atoms with E-state index in [0.29, 0.717) is 11.4 Å². The fourth-order valence-electron chi connectivity index (χ4n) is 6.31. The summed E-state index contributed by atoms with van der Waals surface area (Å²) in [4.78, 5) is 1.76. The number of anilines is 3. The van der Waals surface area contributed by atoms with Crippen LogP contribution in [0.2, 0.25) is 0 Å². The van der Waals surface area contributed by atoms with E-state index < -0.39 is 6.04 Å². The summed E-state index contributed by atoms with van der Waals surface area (Å²) in [5, 5.41) is 2.32. The summed E-state index contributed by atoms with van der Waals surface area (Å²) >= 11 is 0. The summed E-state index contributed by atoms with van der Waals surface area (Å²) in [5.41, 5.74) is 11.7. The molecule has 7 rings (SSSR count). The lowest BCUT2D eigenvalue weighted by molar-refractivity contribution is 1.28. The average molecular weight is 571 g/mol. The van der Waals surface area contributed by atoms with E-state index in [0.717, 1.165) is 33.2 Å². The van der Waals surface area contributed by atoms with Crippen molar-refractivity contribution in [2.24, 2.45) is 0 Å². The first kappa shape index (κ1) is 22.2. The van der Waals surface area contributed by atoms with Crippen LogP contribution in [0.4, 0.5) is 17.1 Å². The number of benzene rings is 7. The van der Waals surface area contributed by atoms with Gasteiger partial charge in [0.15, 0.2) is 0 Å². The molecule has 0 amide bonds. The van der Waals surface area contributed by atoms with Gasteiger partial charge in [-0.15, -0.1) is 0 Å². The van der Waals surface area contributed by atoms with Crippen molar-refractivity contribution in [3.05, 3.63) is 174 Å². The van der Waals surface area contributed by atoms with Gasteiger partial charge in [-0.3, -0.25) is 0 Å². The number of hydrogen-bond donors (Lipinski definition) is 0. The van der Waals surface area contributed by atoms with Crippen molar-refractivity contribution in [3.63, 3.8) is 0 Å². The summed E-state index contributed by atoms with van der Waals surface area (Å²) in [6.45, 7) is 6.32. The van der Waals surface area contributed by atoms with Crippen LogP contribution in [0.5, 0.6) is 0 Å². The normalized spacial score (nSPS) is 12.7. The second-order valence-corrected chi connectivity index (χ2v) is 11.3. The molecule has 0 aromatic heterocycles. The molecule has 0 saturated carbocycles. The van der Waals surface area contributed by atoms with E-state index in [-0.39, 0.29) is 29.9 Å². The van der Waals surface area contributed by atoms with Crippen LogP contribution in [0.25, 0.3) is 44.2 Å². The van der Waals surface area contributed by atoms with E-state index in [4.69, 9.17) is 6.85 Å². The molecule has 212 valence electrons. The molecule has 0 spiro atoms. The molecular weight excluding hydrogens is 530 g/mol. The molecule has 0 radical (unpaired) electrons. The van der Waals surface area contributed by atoms with Gasteiger partial charge in [-0.2, -0.15) is 0 Å². The van der Waals surface area contributed by atoms with E-state index in [9.17, 15) is 0 Å². The molecule has 1 nitrogen and oxygen atoms in total. The van der Waals surface area contributed by atoms with Gasteiger partial charge in [-0.25, -0.2) is 0 Å². The molecule has 0 fully saturated rings. The van der Waals surface area contributed by atoms with Crippen LogP contribution in [0.3, 0.4) is 0 Å². The number of rotatable bonds is 6. The van der Waals surface area contributed by atoms with Gasteiger partial charge in [-0.05, 0) is 125 Å². The topological polar surface area (TPSA) is 3.24 Å². The minimum absolute atomic E-state index is 0.103. The highest BCUT2D eigenvalue weighted by Gasteiger charge is 2.15. The molecule has 0 atom stereocenters. The minimum Gasteiger partial charge on any atom is -0.311 e. The largest absolute Gasteiger partial charge is 0.311 e. The van der Waals surface area contributed by atoms with E-state index >= 15 is 0 Å². The highest BCUT2D eigenvalue weighted by atomic mass is 15.1. The first-order chi connectivity index (χ1) is 23.6. The Balaban J connectivity index is 1.36. The smallest absolute Gasteiger partial charge is 0.0645 e. The fourth-order valence-corrected chi connectivity index (χ4v) is 6.31. The average Bonchev–Trinajstić information content (AvgIpc) is 3.12. The van der Waals surface area contributed by atoms with E-state index in [2.05, 4.69) is 93.6 Å². The molecule has 0 aliphatic carbocycles. The Labute approximate surface area is 267 Å². The Morgan fingerprint density at radius 3 is 1.73 bits per heavy atom. The van der Waals surface area contributed by atoms with Crippen LogP contribution in [0, 0.1) is 20.8 Å². The van der Waals surface area contributed by atoms with Crippen LogP contribution < -0.4 is 4.90 Å². The second-order valence-electron chi connectivity index (χ2n) is 11.3. The maximum atomic E-state index is 8.86. The summed E-state index contributed by atoms with van der Waals surface area (Å²) in [5.74, 6) is 0. The Bertz CT molecular complexity index is 2300. The first-order valence-corrected chi connectivity index (χ1v) is 14.9. The quantitative estimate of drug-likeness (QED) is 0.192. The molecule has 0 aliphatic rings. The second kappa shape index (κ2) is 11.7. The Kier molecular flexibility index (Phi) is 5.90. The fraction of sp³-hybridized carbons (Fsp3) is 0.0698. The molecule has 0 unspecified atom stereocenters. The Morgan fingerprint density at radius 1 is 0.477 bits per heavy atom. The van der Waals surface area contributed by atoms with Crippen molar-refractivity contribution in [1.82, 2.24) is 0 Å². The predicted octanol–water partition coefficient (Wildman–Crippen LogP) is 12.2. The van der Waals surface area contributed by atoms with Crippen molar-refractivity contribution in [2.75, 3.05) is 4.90 Å². The van der Waals surface area contributed by atoms with Crippen molar-refractivity contribution >= 4 is 27.8 Å². The van der Waals surface area contributed by atoms with Crippen LogP contribution in [0.15, 0.2) is 158 Å². The summed E-state index contributed by atoms with van der Waals surface area (Å²) in [6.07, 6.45) is 0. The van der Waals surface area contributed by atoms with Gasteiger partial charge in [0.25, 0.3) is 0 Å². The highest BCUT2D eigenvalue weighted by Crippen LogP contribution is 2.39. The number of fused-ring (bicyclic) bond motifs is 1. The van der Waals surface area contributed by atoms with Gasteiger partial charge in [0, 0.05) is 17.1 Å². The standard InChI is InChI=1S/C43H35N/c1-30-26-31(2)43(32(3)27-30)35-20-24-40(25-21-35)44(38-15-8-5-9-16-38)39-22-18-33(19-23-39)37-28-36-14-10-11-17-41(36)42(29-37)34-12-6-4-7-13-34/h4-29H,1-3H3/i5D,8D,9D,15D,16D. The van der Waals surface area contributed by atoms with Crippen LogP contribution in [-0.2, 0) is 0 Å². The number of para-hydroxylation sites is 1. The van der Waals surface area contributed by atoms with E-state index in [1.165, 1.54) is 27.6 Å². The molecule has 7 aromatic rings. The minimum atomic E-state index is -0.416. The SMILES string of the molecule is [2H]c1c([2H])c([2H])c(N(c2ccc(-c3cc(-c4ccccc4)c4ccccc4c3)cc2)c2ccc(-c3c(C)cc(C)cc3C)cc2)c([2H])c1[2H]. The lowest BCUT2D eigenvalue weighted by atomic mass is 9.93. The third-order valence-electron chi connectivity index (χ3n) is 8.21. The molecule has 0 aliphatic heterocycles. The Morgan fingerprint density at radius 2 is 1.07 bits per heavy atom. The van der Waals surface area contributed by atoms with Crippen LogP contribution in [-0.4, -0.2) is 0 Å². The zero-order valence-corrected chi connectivity index (χ0v) is 25.1. The molecular formula is C43H35N. The number of hydrogen-bond acceptors (Lipinski definition) is 1. The van der Waals surface area contributed by atoms with E-state index in [1.54, 1.807) is 4.90 Å². The lowest BCUT2D eigenvalue weighted by Gasteiger charge is -2.26. The third-order valence-corrected chi connectivity index (χ3v) is 8.21. The van der Waals surface area contributed by atoms with Crippen molar-refractivity contribution in [1.29, 1.82) is 0 Å². The zero-order chi connectivity index (χ0) is 34.4. The van der Waals surface area contributed by atoms with Gasteiger partial charge in [0.2, 0.25) is 0 Å². The van der Waals surface area contributed by atoms with Crippen LogP contribution >= 0.6 is 0 Å². The number of nitrogens with zero attached hydrogens (tertiary/aromatic N) is 1. The highest BCUT2D eigenvalue weighted by molar-refractivity contribution is 6.00. The molecule has 0 N–H and O–H groups in total. The molecule has 0 heterocycles.